The Morgan fingerprint density at radius 3 is 2.59 bits per heavy atom. The topological polar surface area (TPSA) is 104 Å². The number of rotatable bonds is 6. The van der Waals surface area contributed by atoms with Gasteiger partial charge in [0.05, 0.1) is 6.54 Å². The van der Waals surface area contributed by atoms with Crippen LogP contribution >= 0.6 is 0 Å². The van der Waals surface area contributed by atoms with Gasteiger partial charge in [-0.15, -0.1) is 0 Å². The Balaban J connectivity index is 2.28. The molecule has 1 aromatic carbocycles. The van der Waals surface area contributed by atoms with E-state index in [1.54, 1.807) is 6.92 Å². The maximum Gasteiger partial charge on any atom is 0.341 e. The molecule has 22 heavy (non-hydrogen) atoms. The smallest absolute Gasteiger partial charge is 0.341 e. The van der Waals surface area contributed by atoms with Crippen LogP contribution in [0.4, 0.5) is 5.82 Å². The van der Waals surface area contributed by atoms with E-state index in [2.05, 4.69) is 20.6 Å². The molecule has 0 fully saturated rings. The van der Waals surface area contributed by atoms with E-state index in [4.69, 9.17) is 0 Å². The highest BCUT2D eigenvalue weighted by Gasteiger charge is 2.15. The molecule has 7 heteroatoms. The van der Waals surface area contributed by atoms with Gasteiger partial charge in [0.15, 0.2) is 5.82 Å². The van der Waals surface area contributed by atoms with Crippen molar-refractivity contribution in [2.45, 2.75) is 6.92 Å². The van der Waals surface area contributed by atoms with Gasteiger partial charge in [-0.2, -0.15) is 0 Å². The fourth-order valence-electron chi connectivity index (χ4n) is 1.82. The molecule has 114 valence electrons. The number of carbonyl (C=O) groups is 2. The summed E-state index contributed by atoms with van der Waals surface area (Å²) < 4.78 is 0. The minimum atomic E-state index is -1.15. The lowest BCUT2D eigenvalue weighted by Crippen LogP contribution is -2.30. The zero-order valence-corrected chi connectivity index (χ0v) is 12.0. The Morgan fingerprint density at radius 2 is 1.95 bits per heavy atom. The van der Waals surface area contributed by atoms with Gasteiger partial charge in [0.2, 0.25) is 5.91 Å². The van der Waals surface area contributed by atoms with E-state index in [0.29, 0.717) is 12.4 Å². The Labute approximate surface area is 127 Å². The number of carbonyl (C=O) groups excluding carboxylic acids is 1. The highest BCUT2D eigenvalue weighted by Crippen LogP contribution is 2.19. The van der Waals surface area contributed by atoms with E-state index < -0.39 is 5.97 Å². The fourth-order valence-corrected chi connectivity index (χ4v) is 1.82. The number of hydrogen-bond donors (Lipinski definition) is 3. The normalized spacial score (nSPS) is 10.0. The van der Waals surface area contributed by atoms with E-state index in [9.17, 15) is 14.7 Å². The van der Waals surface area contributed by atoms with Gasteiger partial charge >= 0.3 is 5.97 Å². The standard InChI is InChI=1S/C15H16N4O3/c1-2-16-12(20)9-18-14-11(15(21)22)8-17-13(19-14)10-6-4-3-5-7-10/h3-8H,2,9H2,1H3,(H,16,20)(H,21,22)(H,17,18,19). The molecule has 0 radical (unpaired) electrons. The lowest BCUT2D eigenvalue weighted by Gasteiger charge is -2.10. The van der Waals surface area contributed by atoms with Crippen molar-refractivity contribution in [1.29, 1.82) is 0 Å². The van der Waals surface area contributed by atoms with Gasteiger partial charge < -0.3 is 15.7 Å². The largest absolute Gasteiger partial charge is 0.477 e. The number of aromatic nitrogens is 2. The number of likely N-dealkylation sites (N-methyl/N-ethyl adjacent to an activating group) is 1. The highest BCUT2D eigenvalue weighted by molar-refractivity contribution is 5.94. The second-order valence-electron chi connectivity index (χ2n) is 4.43. The van der Waals surface area contributed by atoms with Crippen molar-refractivity contribution >= 4 is 17.7 Å². The number of hydrogen-bond acceptors (Lipinski definition) is 5. The SMILES string of the molecule is CCNC(=O)CNc1nc(-c2ccccc2)ncc1C(=O)O. The van der Waals surface area contributed by atoms with Gasteiger partial charge in [-0.3, -0.25) is 4.79 Å². The molecule has 0 aliphatic carbocycles. The zero-order chi connectivity index (χ0) is 15.9. The first-order valence-corrected chi connectivity index (χ1v) is 6.78. The molecule has 0 saturated heterocycles. The second kappa shape index (κ2) is 7.16. The summed E-state index contributed by atoms with van der Waals surface area (Å²) in [5.74, 6) is -0.881. The summed E-state index contributed by atoms with van der Waals surface area (Å²) in [5.41, 5.74) is 0.685. The monoisotopic (exact) mass is 300 g/mol. The third-order valence-corrected chi connectivity index (χ3v) is 2.84. The van der Waals surface area contributed by atoms with Gasteiger partial charge in [-0.1, -0.05) is 30.3 Å². The number of carboxylic acids is 1. The van der Waals surface area contributed by atoms with Crippen LogP contribution in [0, 0.1) is 0 Å². The van der Waals surface area contributed by atoms with Crippen molar-refractivity contribution in [3.8, 4) is 11.4 Å². The first-order valence-electron chi connectivity index (χ1n) is 6.78. The molecule has 0 unspecified atom stereocenters. The van der Waals surface area contributed by atoms with E-state index in [1.807, 2.05) is 30.3 Å². The second-order valence-corrected chi connectivity index (χ2v) is 4.43. The van der Waals surface area contributed by atoms with Crippen molar-refractivity contribution in [3.63, 3.8) is 0 Å². The summed E-state index contributed by atoms with van der Waals surface area (Å²) in [6.45, 7) is 2.25. The predicted molar refractivity (Wildman–Crippen MR) is 81.6 cm³/mol. The van der Waals surface area contributed by atoms with Crippen molar-refractivity contribution in [1.82, 2.24) is 15.3 Å². The Kier molecular flexibility index (Phi) is 5.02. The van der Waals surface area contributed by atoms with Crippen LogP contribution in [0.15, 0.2) is 36.5 Å². The summed E-state index contributed by atoms with van der Waals surface area (Å²) in [6, 6.07) is 9.19. The molecule has 7 nitrogen and oxygen atoms in total. The van der Waals surface area contributed by atoms with Gasteiger partial charge in [0, 0.05) is 18.3 Å². The molecule has 1 heterocycles. The molecule has 0 spiro atoms. The lowest BCUT2D eigenvalue weighted by atomic mass is 10.2. The van der Waals surface area contributed by atoms with Crippen LogP contribution in [0.25, 0.3) is 11.4 Å². The molecule has 0 aliphatic heterocycles. The van der Waals surface area contributed by atoms with Crippen molar-refractivity contribution in [2.24, 2.45) is 0 Å². The lowest BCUT2D eigenvalue weighted by molar-refractivity contribution is -0.119. The number of carboxylic acid groups (broad SMARTS) is 1. The number of anilines is 1. The van der Waals surface area contributed by atoms with Crippen LogP contribution in [0.3, 0.4) is 0 Å². The van der Waals surface area contributed by atoms with E-state index in [1.165, 1.54) is 6.20 Å². The van der Waals surface area contributed by atoms with Crippen LogP contribution in [0.5, 0.6) is 0 Å². The van der Waals surface area contributed by atoms with Crippen LogP contribution < -0.4 is 10.6 Å². The van der Waals surface area contributed by atoms with Crippen LogP contribution in [0.1, 0.15) is 17.3 Å². The third-order valence-electron chi connectivity index (χ3n) is 2.84. The summed E-state index contributed by atoms with van der Waals surface area (Å²) >= 11 is 0. The Bertz CT molecular complexity index is 674. The quantitative estimate of drug-likeness (QED) is 0.744. The predicted octanol–water partition coefficient (Wildman–Crippen LogP) is 1.39. The maximum absolute atomic E-state index is 11.5. The summed E-state index contributed by atoms with van der Waals surface area (Å²) in [7, 11) is 0. The minimum absolute atomic E-state index is 0.0562. The average Bonchev–Trinajstić information content (AvgIpc) is 2.53. The fraction of sp³-hybridized carbons (Fsp3) is 0.200. The van der Waals surface area contributed by atoms with Crippen LogP contribution in [-0.4, -0.2) is 40.0 Å². The number of amides is 1. The minimum Gasteiger partial charge on any atom is -0.477 e. The molecule has 0 atom stereocenters. The van der Waals surface area contributed by atoms with Crippen molar-refractivity contribution in [2.75, 3.05) is 18.4 Å². The summed E-state index contributed by atoms with van der Waals surface area (Å²) in [6.07, 6.45) is 1.23. The van der Waals surface area contributed by atoms with Crippen LogP contribution in [-0.2, 0) is 4.79 Å². The Morgan fingerprint density at radius 1 is 1.23 bits per heavy atom. The third kappa shape index (κ3) is 3.78. The van der Waals surface area contributed by atoms with E-state index in [-0.39, 0.29) is 23.8 Å². The number of benzene rings is 1. The van der Waals surface area contributed by atoms with Crippen molar-refractivity contribution < 1.29 is 14.7 Å². The van der Waals surface area contributed by atoms with Gasteiger partial charge in [-0.05, 0) is 6.92 Å². The van der Waals surface area contributed by atoms with Gasteiger partial charge in [0.1, 0.15) is 11.4 Å². The molecule has 2 rings (SSSR count). The van der Waals surface area contributed by atoms with Crippen molar-refractivity contribution in [3.05, 3.63) is 42.1 Å². The molecule has 2 aromatic rings. The van der Waals surface area contributed by atoms with E-state index >= 15 is 0 Å². The molecule has 0 bridgehead atoms. The molecule has 1 aromatic heterocycles. The Hall–Kier alpha value is -2.96. The highest BCUT2D eigenvalue weighted by atomic mass is 16.4. The molecule has 3 N–H and O–H groups in total. The molecular weight excluding hydrogens is 284 g/mol. The molecular formula is C15H16N4O3. The zero-order valence-electron chi connectivity index (χ0n) is 12.0. The molecule has 0 aliphatic rings. The van der Waals surface area contributed by atoms with Crippen LogP contribution in [0.2, 0.25) is 0 Å². The first-order chi connectivity index (χ1) is 10.6. The summed E-state index contributed by atoms with van der Waals surface area (Å²) in [5, 5.41) is 14.5. The number of nitrogens with one attached hydrogen (secondary N) is 2. The van der Waals surface area contributed by atoms with Gasteiger partial charge in [0.25, 0.3) is 0 Å². The average molecular weight is 300 g/mol. The first kappa shape index (κ1) is 15.4. The summed E-state index contributed by atoms with van der Waals surface area (Å²) in [4.78, 5) is 31.0. The molecule has 0 saturated carbocycles. The molecule has 1 amide bonds. The van der Waals surface area contributed by atoms with E-state index in [0.717, 1.165) is 5.56 Å². The van der Waals surface area contributed by atoms with Gasteiger partial charge in [-0.25, -0.2) is 14.8 Å². The maximum atomic E-state index is 11.5. The number of nitrogens with zero attached hydrogens (tertiary/aromatic N) is 2. The number of aromatic carboxylic acids is 1.